The number of nitrogens with one attached hydrogen (secondary N) is 7. The lowest BCUT2D eigenvalue weighted by Crippen LogP contribution is -2.56. The molecule has 0 aromatic carbocycles. The van der Waals surface area contributed by atoms with E-state index in [0.29, 0.717) is 45.1 Å². The van der Waals surface area contributed by atoms with E-state index >= 15 is 0 Å². The number of ketones is 5. The molecule has 1 saturated heterocycles. The van der Waals surface area contributed by atoms with Crippen molar-refractivity contribution in [2.45, 2.75) is 253 Å². The third kappa shape index (κ3) is 35.8. The number of nitrogens with two attached hydrogens (primary N) is 1. The van der Waals surface area contributed by atoms with Crippen LogP contribution in [0.25, 0.3) is 10.4 Å². The van der Waals surface area contributed by atoms with Crippen molar-refractivity contribution in [3.8, 4) is 0 Å². The van der Waals surface area contributed by atoms with Gasteiger partial charge in [-0.2, -0.15) is 0 Å². The lowest BCUT2D eigenvalue weighted by atomic mass is 9.88. The Morgan fingerprint density at radius 2 is 1.20 bits per heavy atom. The van der Waals surface area contributed by atoms with Crippen LogP contribution in [0.1, 0.15) is 212 Å². The van der Waals surface area contributed by atoms with Crippen molar-refractivity contribution in [1.29, 1.82) is 0 Å². The summed E-state index contributed by atoms with van der Waals surface area (Å²) in [6.07, 6.45) is -0.573. The maximum atomic E-state index is 14.8. The van der Waals surface area contributed by atoms with Crippen LogP contribution < -0.4 is 43.0 Å². The van der Waals surface area contributed by atoms with Crippen LogP contribution in [0, 0.1) is 23.7 Å². The molecule has 9 N–H and O–H groups in total. The van der Waals surface area contributed by atoms with Crippen LogP contribution in [0.2, 0.25) is 0 Å². The van der Waals surface area contributed by atoms with Gasteiger partial charge in [-0.1, -0.05) is 53.1 Å². The maximum Gasteiger partial charge on any atom is 0.414 e. The van der Waals surface area contributed by atoms with E-state index in [1.54, 1.807) is 76.2 Å². The van der Waals surface area contributed by atoms with Gasteiger partial charge in [0.1, 0.15) is 23.7 Å². The number of imide groups is 1. The summed E-state index contributed by atoms with van der Waals surface area (Å²) in [6, 6.07) is -5.62. The minimum Gasteiger partial charge on any atom is -0.444 e. The molecule has 1 aliphatic rings. The van der Waals surface area contributed by atoms with Crippen molar-refractivity contribution < 1.29 is 76.6 Å². The number of aliphatic imine (C=N–C) groups is 1. The average molecular weight is 1310 g/mol. The molecule has 1 rings (SSSR count). The second kappa shape index (κ2) is 43.3. The highest BCUT2D eigenvalue weighted by atomic mass is 16.6. The number of azide groups is 1. The Labute approximate surface area is 547 Å². The van der Waals surface area contributed by atoms with Crippen LogP contribution in [-0.2, 0) is 71.8 Å². The van der Waals surface area contributed by atoms with E-state index < -0.39 is 162 Å². The Hall–Kier alpha value is -7.68. The highest BCUT2D eigenvalue weighted by Crippen LogP contribution is 2.24. The lowest BCUT2D eigenvalue weighted by molar-refractivity contribution is -0.143. The molecule has 8 atom stereocenters. The molecular formula is C64H107N13O16. The van der Waals surface area contributed by atoms with Crippen molar-refractivity contribution in [2.24, 2.45) is 39.5 Å². The largest absolute Gasteiger partial charge is 0.444 e. The fourth-order valence-corrected chi connectivity index (χ4v) is 9.91. The summed E-state index contributed by atoms with van der Waals surface area (Å²) in [5.41, 5.74) is 12.4. The quantitative estimate of drug-likeness (QED) is 0.0102. The van der Waals surface area contributed by atoms with Crippen LogP contribution >= 0.6 is 0 Å². The molecule has 1 fully saturated rings. The number of unbranched alkanes of at least 4 members (excludes halogenated alkanes) is 1. The predicted molar refractivity (Wildman–Crippen MR) is 346 cm³/mol. The summed E-state index contributed by atoms with van der Waals surface area (Å²) < 4.78 is 11.1. The normalized spacial score (nSPS) is 15.5. The monoisotopic (exact) mass is 1310 g/mol. The molecule has 0 bridgehead atoms. The minimum atomic E-state index is -1.43. The summed E-state index contributed by atoms with van der Waals surface area (Å²) in [5.74, 6) is -9.84. The van der Waals surface area contributed by atoms with Crippen LogP contribution in [0.4, 0.5) is 4.79 Å². The molecule has 0 spiro atoms. The van der Waals surface area contributed by atoms with E-state index in [9.17, 15) is 67.1 Å². The van der Waals surface area contributed by atoms with Gasteiger partial charge in [0.2, 0.25) is 47.3 Å². The van der Waals surface area contributed by atoms with Gasteiger partial charge >= 0.3 is 6.09 Å². The standard InChI is InChI=1S/C64H107N13O16/c1-14-46(51(80)16-3)72-59(88)43(33-39(4)5)35-52(81)47(15-2)73-60(89)50-23-20-32-77(50)61(90)48(22-19-30-67-41(7)65)74-58(87)42(24-27-56(85)75-62(91)93-64(11,12)13)34-53(82)49(38-92-63(8,9)10)71-55(84)29-26-44(78)36-68-54(83)28-25-45(79)37-69-57(86)40(6)21-17-18-31-70-76-66/h39-40,42-43,46-50H,14-38H2,1-13H3,(H2,65,67)(H,68,83)(H,69,86)(H,71,84)(H,72,88)(H,73,89)(H,74,87)(H,75,85,91)/t40-,42+,43+,46-,47-,48-,49-,50-/m0/s1. The number of hydrogen-bond donors (Lipinski definition) is 8. The number of carbonyl (C=O) groups is 14. The van der Waals surface area contributed by atoms with Gasteiger partial charge in [-0.25, -0.2) is 4.79 Å². The molecular weight excluding hydrogens is 1210 g/mol. The Morgan fingerprint density at radius 3 is 1.78 bits per heavy atom. The van der Waals surface area contributed by atoms with E-state index in [4.69, 9.17) is 20.7 Å². The first-order chi connectivity index (χ1) is 43.5. The second-order valence-electron chi connectivity index (χ2n) is 26.1. The van der Waals surface area contributed by atoms with Crippen molar-refractivity contribution in [2.75, 3.05) is 39.3 Å². The molecule has 0 aliphatic carbocycles. The molecule has 29 nitrogen and oxygen atoms in total. The number of amidine groups is 1. The minimum absolute atomic E-state index is 0.0113. The van der Waals surface area contributed by atoms with Gasteiger partial charge < -0.3 is 52.0 Å². The molecule has 29 heteroatoms. The number of nitrogens with zero attached hydrogens (tertiary/aromatic N) is 5. The average Bonchev–Trinajstić information content (AvgIpc) is 1.77. The van der Waals surface area contributed by atoms with E-state index in [1.807, 2.05) is 13.8 Å². The number of amides is 9. The Bertz CT molecular complexity index is 2640. The zero-order valence-electron chi connectivity index (χ0n) is 57.2. The molecule has 0 unspecified atom stereocenters. The first-order valence-electron chi connectivity index (χ1n) is 32.7. The number of alkyl carbamates (subject to hydrolysis) is 1. The first-order valence-corrected chi connectivity index (χ1v) is 32.7. The molecule has 0 saturated carbocycles. The summed E-state index contributed by atoms with van der Waals surface area (Å²) in [7, 11) is 0. The fourth-order valence-electron chi connectivity index (χ4n) is 9.91. The van der Waals surface area contributed by atoms with E-state index in [-0.39, 0.29) is 107 Å². The maximum absolute atomic E-state index is 14.8. The highest BCUT2D eigenvalue weighted by Gasteiger charge is 2.40. The van der Waals surface area contributed by atoms with E-state index in [2.05, 4.69) is 52.2 Å². The third-order valence-electron chi connectivity index (χ3n) is 15.1. The van der Waals surface area contributed by atoms with Crippen molar-refractivity contribution >= 4 is 88.1 Å². The van der Waals surface area contributed by atoms with Gasteiger partial charge in [-0.3, -0.25) is 72.6 Å². The molecule has 0 radical (unpaired) electrons. The van der Waals surface area contributed by atoms with Crippen LogP contribution in [0.3, 0.4) is 0 Å². The lowest BCUT2D eigenvalue weighted by Gasteiger charge is -2.31. The number of rotatable bonds is 45. The van der Waals surface area contributed by atoms with Gasteiger partial charge in [0.05, 0.1) is 43.2 Å². The number of likely N-dealkylation sites (tertiary alicyclic amines) is 1. The summed E-state index contributed by atoms with van der Waals surface area (Å²) in [4.78, 5) is 196. The number of carbonyl (C=O) groups excluding carboxylic acids is 14. The zero-order valence-corrected chi connectivity index (χ0v) is 57.2. The molecule has 0 aromatic heterocycles. The number of Topliss-reactive ketones (excluding diaryl/α,β-unsaturated/α-hetero) is 5. The fraction of sp³-hybridized carbons (Fsp3) is 0.766. The first kappa shape index (κ1) is 83.3. The smallest absolute Gasteiger partial charge is 0.414 e. The Kier molecular flexibility index (Phi) is 38.8. The van der Waals surface area contributed by atoms with Gasteiger partial charge in [0, 0.05) is 93.7 Å². The van der Waals surface area contributed by atoms with Crippen LogP contribution in [0.5, 0.6) is 0 Å². The Morgan fingerprint density at radius 1 is 0.624 bits per heavy atom. The number of ether oxygens (including phenoxy) is 2. The molecule has 0 aromatic rings. The van der Waals surface area contributed by atoms with Gasteiger partial charge in [-0.15, -0.1) is 0 Å². The summed E-state index contributed by atoms with van der Waals surface area (Å²) in [5, 5.41) is 21.4. The van der Waals surface area contributed by atoms with E-state index in [0.717, 1.165) is 0 Å². The third-order valence-corrected chi connectivity index (χ3v) is 15.1. The molecule has 1 aliphatic heterocycles. The predicted octanol–water partition coefficient (Wildman–Crippen LogP) is 4.76. The Balaban J connectivity index is 3.43. The number of hydrogen-bond acceptors (Lipinski definition) is 18. The SMILES string of the molecule is CCC(=O)[C@H](CC)NC(=O)[C@@H](CC(=O)[C@H](CC)NC(=O)[C@@H]1CCCN1C(=O)[C@H](CCCN=C(C)N)NC(=O)[C@H](CCC(=O)NC(=O)OC(C)(C)C)CC(=O)[C@H](COC(C)(C)C)NC(=O)CCC(=O)CNC(=O)CCC(=O)CNC(=O)[C@@H](C)CCCCN=[N+]=[N-])CC(C)C. The van der Waals surface area contributed by atoms with Gasteiger partial charge in [-0.05, 0) is 124 Å². The molecule has 93 heavy (non-hydrogen) atoms. The van der Waals surface area contributed by atoms with Gasteiger partial charge in [0.15, 0.2) is 28.9 Å². The summed E-state index contributed by atoms with van der Waals surface area (Å²) >= 11 is 0. The highest BCUT2D eigenvalue weighted by molar-refractivity contribution is 5.99. The van der Waals surface area contributed by atoms with E-state index in [1.165, 1.54) is 4.90 Å². The van der Waals surface area contributed by atoms with Crippen LogP contribution in [0.15, 0.2) is 10.1 Å². The molecule has 1 heterocycles. The van der Waals surface area contributed by atoms with Crippen molar-refractivity contribution in [3.63, 3.8) is 0 Å². The van der Waals surface area contributed by atoms with Gasteiger partial charge in [0.25, 0.3) is 0 Å². The van der Waals surface area contributed by atoms with Crippen LogP contribution in [-0.4, -0.2) is 174 Å². The van der Waals surface area contributed by atoms with Crippen molar-refractivity contribution in [3.05, 3.63) is 10.4 Å². The topological polar surface area (TPSA) is 432 Å². The molecule has 9 amide bonds. The summed E-state index contributed by atoms with van der Waals surface area (Å²) in [6.45, 7) is 21.4. The second-order valence-corrected chi connectivity index (χ2v) is 26.1. The van der Waals surface area contributed by atoms with Crippen molar-refractivity contribution in [1.82, 2.24) is 42.1 Å². The zero-order chi connectivity index (χ0) is 70.6. The molecule has 524 valence electrons.